The average Bonchev–Trinajstić information content (AvgIpc) is 3.14. The van der Waals surface area contributed by atoms with Gasteiger partial charge >= 0.3 is 0 Å². The fraction of sp³-hybridized carbons (Fsp3) is 0.450. The summed E-state index contributed by atoms with van der Waals surface area (Å²) in [7, 11) is 0. The quantitative estimate of drug-likeness (QED) is 0.778. The molecule has 4 nitrogen and oxygen atoms in total. The van der Waals surface area contributed by atoms with Crippen LogP contribution in [0.2, 0.25) is 0 Å². The van der Waals surface area contributed by atoms with Gasteiger partial charge in [-0.3, -0.25) is 0 Å². The molecule has 0 amide bonds. The van der Waals surface area contributed by atoms with Crippen LogP contribution >= 0.6 is 12.2 Å². The molecule has 25 heavy (non-hydrogen) atoms. The Hall–Kier alpha value is -1.85. The molecule has 1 aromatic carbocycles. The second-order valence-corrected chi connectivity index (χ2v) is 7.24. The fourth-order valence-electron chi connectivity index (χ4n) is 3.28. The summed E-state index contributed by atoms with van der Waals surface area (Å²) in [5.41, 5.74) is 2.28. The zero-order valence-corrected chi connectivity index (χ0v) is 15.8. The van der Waals surface area contributed by atoms with Crippen LogP contribution in [0.25, 0.3) is 0 Å². The molecule has 1 aliphatic heterocycles. The summed E-state index contributed by atoms with van der Waals surface area (Å²) in [4.78, 5) is 3.91. The molecule has 2 N–H and O–H groups in total. The van der Waals surface area contributed by atoms with Gasteiger partial charge in [0.2, 0.25) is 0 Å². The maximum Gasteiger partial charge on any atom is 0.174 e. The first kappa shape index (κ1) is 18.0. The number of likely N-dealkylation sites (tertiary alicyclic amines) is 1. The number of benzene rings is 1. The highest BCUT2D eigenvalue weighted by Crippen LogP contribution is 2.12. The van der Waals surface area contributed by atoms with Crippen LogP contribution in [-0.4, -0.2) is 36.2 Å². The lowest BCUT2D eigenvalue weighted by molar-refractivity contribution is -0.904. The minimum atomic E-state index is 0.706. The maximum absolute atomic E-state index is 5.69. The molecule has 1 fully saturated rings. The minimum absolute atomic E-state index is 0.706. The SMILES string of the molecule is Cc1ccc(NC(=S)N(CC[NH+]2CCCCC2)Cc2ccco2)cc1. The Labute approximate surface area is 155 Å². The Morgan fingerprint density at radius 1 is 1.16 bits per heavy atom. The van der Waals surface area contributed by atoms with Crippen molar-refractivity contribution in [3.63, 3.8) is 0 Å². The van der Waals surface area contributed by atoms with E-state index in [0.29, 0.717) is 6.54 Å². The number of thiocarbonyl (C=S) groups is 1. The summed E-state index contributed by atoms with van der Waals surface area (Å²) < 4.78 is 5.54. The van der Waals surface area contributed by atoms with E-state index in [9.17, 15) is 0 Å². The molecule has 5 heteroatoms. The van der Waals surface area contributed by atoms with Gasteiger partial charge in [0.25, 0.3) is 0 Å². The van der Waals surface area contributed by atoms with Gasteiger partial charge in [-0.05, 0) is 62.7 Å². The molecule has 2 aromatic rings. The van der Waals surface area contributed by atoms with Crippen LogP contribution in [-0.2, 0) is 6.54 Å². The van der Waals surface area contributed by atoms with E-state index in [2.05, 4.69) is 41.4 Å². The summed E-state index contributed by atoms with van der Waals surface area (Å²) in [6.45, 7) is 7.42. The summed E-state index contributed by atoms with van der Waals surface area (Å²) in [6.07, 6.45) is 5.80. The van der Waals surface area contributed by atoms with E-state index >= 15 is 0 Å². The van der Waals surface area contributed by atoms with Gasteiger partial charge in [-0.25, -0.2) is 0 Å². The molecule has 134 valence electrons. The average molecular weight is 359 g/mol. The molecule has 0 bridgehead atoms. The number of hydrogen-bond acceptors (Lipinski definition) is 2. The van der Waals surface area contributed by atoms with Gasteiger partial charge in [-0.2, -0.15) is 0 Å². The molecule has 0 unspecified atom stereocenters. The number of anilines is 1. The predicted molar refractivity (Wildman–Crippen MR) is 106 cm³/mol. The van der Waals surface area contributed by atoms with Crippen molar-refractivity contribution in [1.82, 2.24) is 4.90 Å². The van der Waals surface area contributed by atoms with Gasteiger partial charge in [0, 0.05) is 5.69 Å². The molecular weight excluding hydrogens is 330 g/mol. The van der Waals surface area contributed by atoms with Gasteiger partial charge in [-0.1, -0.05) is 17.7 Å². The van der Waals surface area contributed by atoms with E-state index < -0.39 is 0 Å². The molecule has 0 aliphatic carbocycles. The number of hydrogen-bond donors (Lipinski definition) is 2. The number of piperidine rings is 1. The van der Waals surface area contributed by atoms with Crippen LogP contribution in [0.5, 0.6) is 0 Å². The highest BCUT2D eigenvalue weighted by Gasteiger charge is 2.18. The molecule has 0 atom stereocenters. The molecule has 3 rings (SSSR count). The molecule has 1 aliphatic rings. The number of furan rings is 1. The van der Waals surface area contributed by atoms with Crippen LogP contribution in [0.3, 0.4) is 0 Å². The lowest BCUT2D eigenvalue weighted by atomic mass is 10.1. The second kappa shape index (κ2) is 9.02. The Bertz CT molecular complexity index is 648. The van der Waals surface area contributed by atoms with E-state index in [1.807, 2.05) is 12.1 Å². The standard InChI is InChI=1S/C20H27N3OS/c1-17-7-9-18(10-8-17)21-20(25)23(16-19-6-5-15-24-19)14-13-22-11-3-2-4-12-22/h5-10,15H,2-4,11-14,16H2,1H3,(H,21,25)/p+1. The molecule has 0 saturated carbocycles. The van der Waals surface area contributed by atoms with E-state index in [1.54, 1.807) is 11.2 Å². The zero-order chi connectivity index (χ0) is 17.5. The third kappa shape index (κ3) is 5.58. The van der Waals surface area contributed by atoms with Crippen LogP contribution in [0.1, 0.15) is 30.6 Å². The second-order valence-electron chi connectivity index (χ2n) is 6.86. The molecular formula is C20H28N3OS+. The van der Waals surface area contributed by atoms with Crippen LogP contribution < -0.4 is 10.2 Å². The Morgan fingerprint density at radius 3 is 2.60 bits per heavy atom. The number of nitrogens with one attached hydrogen (secondary N) is 2. The lowest BCUT2D eigenvalue weighted by Crippen LogP contribution is -3.13. The first-order chi connectivity index (χ1) is 12.2. The first-order valence-corrected chi connectivity index (χ1v) is 9.60. The summed E-state index contributed by atoms with van der Waals surface area (Å²) in [6, 6.07) is 12.3. The lowest BCUT2D eigenvalue weighted by Gasteiger charge is -2.29. The largest absolute Gasteiger partial charge is 0.467 e. The van der Waals surface area contributed by atoms with Crippen LogP contribution in [0, 0.1) is 6.92 Å². The van der Waals surface area contributed by atoms with Crippen molar-refractivity contribution in [3.05, 3.63) is 54.0 Å². The third-order valence-electron chi connectivity index (χ3n) is 4.81. The van der Waals surface area contributed by atoms with Gasteiger partial charge in [0.1, 0.15) is 5.76 Å². The van der Waals surface area contributed by atoms with Gasteiger partial charge in [0.15, 0.2) is 5.11 Å². The number of nitrogens with zero attached hydrogens (tertiary/aromatic N) is 1. The van der Waals surface area contributed by atoms with Crippen molar-refractivity contribution in [3.8, 4) is 0 Å². The molecule has 0 spiro atoms. The number of aryl methyl sites for hydroxylation is 1. The van der Waals surface area contributed by atoms with Crippen molar-refractivity contribution < 1.29 is 9.32 Å². The van der Waals surface area contributed by atoms with Crippen molar-refractivity contribution in [2.75, 3.05) is 31.5 Å². The van der Waals surface area contributed by atoms with Gasteiger partial charge in [-0.15, -0.1) is 0 Å². The molecule has 0 radical (unpaired) electrons. The van der Waals surface area contributed by atoms with E-state index in [-0.39, 0.29) is 0 Å². The smallest absolute Gasteiger partial charge is 0.174 e. The predicted octanol–water partition coefficient (Wildman–Crippen LogP) is 2.86. The summed E-state index contributed by atoms with van der Waals surface area (Å²) in [5.74, 6) is 0.946. The number of quaternary nitrogens is 1. The Balaban J connectivity index is 1.61. The first-order valence-electron chi connectivity index (χ1n) is 9.19. The molecule has 1 saturated heterocycles. The highest BCUT2D eigenvalue weighted by atomic mass is 32.1. The topological polar surface area (TPSA) is 32.9 Å². The van der Waals surface area contributed by atoms with Crippen LogP contribution in [0.4, 0.5) is 5.69 Å². The summed E-state index contributed by atoms with van der Waals surface area (Å²) >= 11 is 5.69. The van der Waals surface area contributed by atoms with E-state index in [0.717, 1.165) is 29.6 Å². The highest BCUT2D eigenvalue weighted by molar-refractivity contribution is 7.80. The van der Waals surface area contributed by atoms with E-state index in [4.69, 9.17) is 16.6 Å². The summed E-state index contributed by atoms with van der Waals surface area (Å²) in [5, 5.41) is 4.14. The third-order valence-corrected chi connectivity index (χ3v) is 5.17. The minimum Gasteiger partial charge on any atom is -0.467 e. The number of rotatable bonds is 6. The Morgan fingerprint density at radius 2 is 1.92 bits per heavy atom. The van der Waals surface area contributed by atoms with E-state index in [1.165, 1.54) is 37.9 Å². The van der Waals surface area contributed by atoms with Crippen molar-refractivity contribution in [1.29, 1.82) is 0 Å². The fourth-order valence-corrected chi connectivity index (χ4v) is 3.55. The normalized spacial score (nSPS) is 15.1. The van der Waals surface area contributed by atoms with Crippen molar-refractivity contribution >= 4 is 23.0 Å². The zero-order valence-electron chi connectivity index (χ0n) is 15.0. The maximum atomic E-state index is 5.69. The van der Waals surface area contributed by atoms with Gasteiger partial charge < -0.3 is 19.5 Å². The van der Waals surface area contributed by atoms with Crippen molar-refractivity contribution in [2.24, 2.45) is 0 Å². The van der Waals surface area contributed by atoms with Gasteiger partial charge in [0.05, 0.1) is 39.0 Å². The van der Waals surface area contributed by atoms with Crippen molar-refractivity contribution in [2.45, 2.75) is 32.7 Å². The molecule has 1 aromatic heterocycles. The molecule has 2 heterocycles. The van der Waals surface area contributed by atoms with Crippen LogP contribution in [0.15, 0.2) is 47.1 Å². The monoisotopic (exact) mass is 358 g/mol. The Kier molecular flexibility index (Phi) is 6.48.